The lowest BCUT2D eigenvalue weighted by Crippen LogP contribution is -2.26. The van der Waals surface area contributed by atoms with Gasteiger partial charge in [-0.15, -0.1) is 0 Å². The van der Waals surface area contributed by atoms with Crippen molar-refractivity contribution in [3.05, 3.63) is 0 Å². The zero-order chi connectivity index (χ0) is 16.1. The molecular weight excluding hydrogens is 260 g/mol. The van der Waals surface area contributed by atoms with Gasteiger partial charge in [-0.1, -0.05) is 27.7 Å². The largest absolute Gasteiger partial charge is 0.302 e. The number of hydrogen-bond donors (Lipinski definition) is 0. The molecule has 21 heavy (non-hydrogen) atoms. The third kappa shape index (κ3) is 10.6. The topological polar surface area (TPSA) is 31.2 Å². The van der Waals surface area contributed by atoms with Crippen molar-refractivity contribution >= 4 is 11.4 Å². The summed E-state index contributed by atoms with van der Waals surface area (Å²) in [5.41, 5.74) is 2.40. The van der Waals surface area contributed by atoms with Crippen LogP contribution in [0.15, 0.2) is 9.98 Å². The van der Waals surface area contributed by atoms with E-state index in [-0.39, 0.29) is 0 Å². The molecule has 4 heteroatoms. The monoisotopic (exact) mass is 296 g/mol. The Morgan fingerprint density at radius 2 is 1.00 bits per heavy atom. The van der Waals surface area contributed by atoms with Crippen LogP contribution in [-0.4, -0.2) is 73.6 Å². The van der Waals surface area contributed by atoms with Crippen molar-refractivity contribution in [1.82, 2.24) is 9.80 Å². The van der Waals surface area contributed by atoms with Crippen molar-refractivity contribution in [3.8, 4) is 0 Å². The maximum atomic E-state index is 4.66. The summed E-state index contributed by atoms with van der Waals surface area (Å²) in [5.74, 6) is 0. The Bertz CT molecular complexity index is 272. The van der Waals surface area contributed by atoms with Crippen LogP contribution >= 0.6 is 0 Å². The van der Waals surface area contributed by atoms with Gasteiger partial charge >= 0.3 is 0 Å². The minimum absolute atomic E-state index is 0.903. The third-order valence-corrected chi connectivity index (χ3v) is 3.90. The zero-order valence-corrected chi connectivity index (χ0v) is 15.2. The zero-order valence-electron chi connectivity index (χ0n) is 15.2. The van der Waals surface area contributed by atoms with Crippen molar-refractivity contribution in [1.29, 1.82) is 0 Å². The molecule has 0 aliphatic carbocycles. The smallest absolute Gasteiger partial charge is 0.0516 e. The van der Waals surface area contributed by atoms with Gasteiger partial charge < -0.3 is 9.80 Å². The predicted octanol–water partition coefficient (Wildman–Crippen LogP) is 2.98. The third-order valence-electron chi connectivity index (χ3n) is 3.90. The van der Waals surface area contributed by atoms with E-state index in [0.29, 0.717) is 0 Å². The molecule has 0 N–H and O–H groups in total. The highest BCUT2D eigenvalue weighted by atomic mass is 15.1. The van der Waals surface area contributed by atoms with E-state index in [4.69, 9.17) is 0 Å². The lowest BCUT2D eigenvalue weighted by Gasteiger charge is -2.16. The van der Waals surface area contributed by atoms with Crippen molar-refractivity contribution < 1.29 is 0 Å². The fourth-order valence-electron chi connectivity index (χ4n) is 2.33. The summed E-state index contributed by atoms with van der Waals surface area (Å²) >= 11 is 0. The number of nitrogens with zero attached hydrogens (tertiary/aromatic N) is 4. The SMILES string of the molecule is CCN(CC)CCN=C(C)CC(C)=NCCN(CC)CC. The summed E-state index contributed by atoms with van der Waals surface area (Å²) in [5, 5.41) is 0. The first-order valence-electron chi connectivity index (χ1n) is 8.51. The number of aliphatic imine (C=N–C) groups is 2. The summed E-state index contributed by atoms with van der Waals surface area (Å²) in [4.78, 5) is 14.1. The summed E-state index contributed by atoms with van der Waals surface area (Å²) in [7, 11) is 0. The normalized spacial score (nSPS) is 13.5. The van der Waals surface area contributed by atoms with Gasteiger partial charge in [0.15, 0.2) is 0 Å². The van der Waals surface area contributed by atoms with E-state index in [0.717, 1.165) is 58.8 Å². The number of hydrogen-bond acceptors (Lipinski definition) is 4. The molecule has 0 radical (unpaired) electrons. The standard InChI is InChI=1S/C17H36N4/c1-7-20(8-2)13-11-18-16(5)15-17(6)19-12-14-21(9-3)10-4/h7-15H2,1-6H3. The van der Waals surface area contributed by atoms with Crippen molar-refractivity contribution in [2.24, 2.45) is 9.98 Å². The van der Waals surface area contributed by atoms with Gasteiger partial charge in [0.2, 0.25) is 0 Å². The first kappa shape index (κ1) is 20.3. The predicted molar refractivity (Wildman–Crippen MR) is 96.1 cm³/mol. The molecule has 0 atom stereocenters. The highest BCUT2D eigenvalue weighted by molar-refractivity contribution is 6.02. The number of likely N-dealkylation sites (N-methyl/N-ethyl adjacent to an activating group) is 2. The lowest BCUT2D eigenvalue weighted by molar-refractivity contribution is 0.313. The Morgan fingerprint density at radius 1 is 0.667 bits per heavy atom. The fraction of sp³-hybridized carbons (Fsp3) is 0.882. The molecule has 0 unspecified atom stereocenters. The van der Waals surface area contributed by atoms with Gasteiger partial charge in [0.05, 0.1) is 13.1 Å². The fourth-order valence-corrected chi connectivity index (χ4v) is 2.33. The Hall–Kier alpha value is -0.740. The van der Waals surface area contributed by atoms with Gasteiger partial charge in [-0.3, -0.25) is 9.98 Å². The van der Waals surface area contributed by atoms with Crippen LogP contribution in [-0.2, 0) is 0 Å². The molecule has 0 spiro atoms. The molecule has 0 amide bonds. The van der Waals surface area contributed by atoms with Gasteiger partial charge in [0.1, 0.15) is 0 Å². The van der Waals surface area contributed by atoms with E-state index in [2.05, 4.69) is 61.3 Å². The van der Waals surface area contributed by atoms with Crippen LogP contribution in [0.4, 0.5) is 0 Å². The maximum absolute atomic E-state index is 4.66. The molecule has 124 valence electrons. The summed E-state index contributed by atoms with van der Waals surface area (Å²) in [6.45, 7) is 21.4. The van der Waals surface area contributed by atoms with Crippen LogP contribution in [0.25, 0.3) is 0 Å². The van der Waals surface area contributed by atoms with Gasteiger partial charge in [-0.05, 0) is 40.0 Å². The van der Waals surface area contributed by atoms with Crippen LogP contribution < -0.4 is 0 Å². The van der Waals surface area contributed by atoms with Gasteiger partial charge in [0.25, 0.3) is 0 Å². The second-order valence-corrected chi connectivity index (χ2v) is 5.46. The van der Waals surface area contributed by atoms with E-state index in [1.807, 2.05) is 0 Å². The van der Waals surface area contributed by atoms with E-state index in [1.54, 1.807) is 0 Å². The van der Waals surface area contributed by atoms with Crippen molar-refractivity contribution in [2.45, 2.75) is 48.0 Å². The Kier molecular flexibility index (Phi) is 12.5. The Labute approximate surface area is 132 Å². The second-order valence-electron chi connectivity index (χ2n) is 5.46. The van der Waals surface area contributed by atoms with Gasteiger partial charge in [0, 0.05) is 30.9 Å². The molecule has 0 aliphatic rings. The minimum Gasteiger partial charge on any atom is -0.302 e. The van der Waals surface area contributed by atoms with Crippen LogP contribution in [0.3, 0.4) is 0 Å². The molecule has 0 heterocycles. The molecule has 0 rings (SSSR count). The molecule has 4 nitrogen and oxygen atoms in total. The molecule has 0 saturated heterocycles. The molecular formula is C17H36N4. The molecule has 0 aromatic heterocycles. The molecule has 0 aromatic rings. The number of rotatable bonds is 12. The Morgan fingerprint density at radius 3 is 1.29 bits per heavy atom. The average Bonchev–Trinajstić information content (AvgIpc) is 2.48. The van der Waals surface area contributed by atoms with Crippen molar-refractivity contribution in [2.75, 3.05) is 52.4 Å². The second kappa shape index (κ2) is 13.0. The first-order chi connectivity index (χ1) is 10.1. The van der Waals surface area contributed by atoms with Crippen LogP contribution in [0.2, 0.25) is 0 Å². The maximum Gasteiger partial charge on any atom is 0.0516 e. The summed E-state index contributed by atoms with van der Waals surface area (Å²) < 4.78 is 0. The average molecular weight is 297 g/mol. The van der Waals surface area contributed by atoms with E-state index in [9.17, 15) is 0 Å². The quantitative estimate of drug-likeness (QED) is 0.518. The van der Waals surface area contributed by atoms with Crippen LogP contribution in [0.5, 0.6) is 0 Å². The van der Waals surface area contributed by atoms with E-state index in [1.165, 1.54) is 11.4 Å². The van der Waals surface area contributed by atoms with Gasteiger partial charge in [-0.2, -0.15) is 0 Å². The molecule has 0 aliphatic heterocycles. The lowest BCUT2D eigenvalue weighted by atomic mass is 10.2. The van der Waals surface area contributed by atoms with Crippen LogP contribution in [0, 0.1) is 0 Å². The molecule has 0 aromatic carbocycles. The van der Waals surface area contributed by atoms with Crippen LogP contribution in [0.1, 0.15) is 48.0 Å². The molecule has 0 saturated carbocycles. The summed E-state index contributed by atoms with van der Waals surface area (Å²) in [6, 6.07) is 0. The summed E-state index contributed by atoms with van der Waals surface area (Å²) in [6.07, 6.45) is 0.913. The van der Waals surface area contributed by atoms with E-state index < -0.39 is 0 Å². The highest BCUT2D eigenvalue weighted by Crippen LogP contribution is 1.95. The first-order valence-corrected chi connectivity index (χ1v) is 8.51. The van der Waals surface area contributed by atoms with Crippen molar-refractivity contribution in [3.63, 3.8) is 0 Å². The minimum atomic E-state index is 0.903. The highest BCUT2D eigenvalue weighted by Gasteiger charge is 2.00. The Balaban J connectivity index is 4.03. The van der Waals surface area contributed by atoms with Gasteiger partial charge in [-0.25, -0.2) is 0 Å². The molecule has 0 bridgehead atoms. The molecule has 0 fully saturated rings. The van der Waals surface area contributed by atoms with E-state index >= 15 is 0 Å².